The van der Waals surface area contributed by atoms with Gasteiger partial charge in [0, 0.05) is 24.3 Å². The van der Waals surface area contributed by atoms with Gasteiger partial charge in [-0.3, -0.25) is 0 Å². The maximum Gasteiger partial charge on any atom is 0.0555 e. The van der Waals surface area contributed by atoms with Crippen LogP contribution in [-0.2, 0) is 13.0 Å². The lowest BCUT2D eigenvalue weighted by Gasteiger charge is -2.31. The fourth-order valence-electron chi connectivity index (χ4n) is 2.90. The maximum absolute atomic E-state index is 5.44. The van der Waals surface area contributed by atoms with Crippen molar-refractivity contribution in [2.45, 2.75) is 19.4 Å². The van der Waals surface area contributed by atoms with E-state index in [0.29, 0.717) is 6.54 Å². The van der Waals surface area contributed by atoms with E-state index in [1.165, 1.54) is 29.7 Å². The SMILES string of the molecule is NCC#Cc1cccc(CN2CCCc3ccccc32)c1. The summed E-state index contributed by atoms with van der Waals surface area (Å²) in [7, 11) is 0. The predicted octanol–water partition coefficient (Wildman–Crippen LogP) is 2.95. The van der Waals surface area contributed by atoms with Crippen molar-refractivity contribution in [3.8, 4) is 11.8 Å². The Morgan fingerprint density at radius 3 is 2.90 bits per heavy atom. The number of rotatable bonds is 2. The molecule has 2 heteroatoms. The third-order valence-electron chi connectivity index (χ3n) is 3.84. The summed E-state index contributed by atoms with van der Waals surface area (Å²) in [4.78, 5) is 2.47. The molecule has 106 valence electrons. The van der Waals surface area contributed by atoms with Crippen molar-refractivity contribution in [2.75, 3.05) is 18.0 Å². The summed E-state index contributed by atoms with van der Waals surface area (Å²) in [6.45, 7) is 2.47. The van der Waals surface area contributed by atoms with Crippen molar-refractivity contribution in [1.29, 1.82) is 0 Å². The first-order chi connectivity index (χ1) is 10.4. The third-order valence-corrected chi connectivity index (χ3v) is 3.84. The Bertz CT molecular complexity index is 679. The number of nitrogens with zero attached hydrogens (tertiary/aromatic N) is 1. The van der Waals surface area contributed by atoms with Gasteiger partial charge < -0.3 is 10.6 Å². The number of aryl methyl sites for hydroxylation is 1. The lowest BCUT2D eigenvalue weighted by molar-refractivity contribution is 0.691. The number of para-hydroxylation sites is 1. The Balaban J connectivity index is 1.81. The Hall–Kier alpha value is -2.24. The van der Waals surface area contributed by atoms with Gasteiger partial charge in [0.15, 0.2) is 0 Å². The van der Waals surface area contributed by atoms with Crippen LogP contribution in [0.5, 0.6) is 0 Å². The minimum Gasteiger partial charge on any atom is -0.367 e. The highest BCUT2D eigenvalue weighted by Crippen LogP contribution is 2.28. The zero-order valence-electron chi connectivity index (χ0n) is 12.2. The molecule has 0 spiro atoms. The molecule has 2 nitrogen and oxygen atoms in total. The summed E-state index contributed by atoms with van der Waals surface area (Å²) in [5, 5.41) is 0. The van der Waals surface area contributed by atoms with E-state index in [0.717, 1.165) is 18.7 Å². The van der Waals surface area contributed by atoms with Crippen LogP contribution in [0.25, 0.3) is 0 Å². The number of hydrogen-bond acceptors (Lipinski definition) is 2. The van der Waals surface area contributed by atoms with E-state index >= 15 is 0 Å². The van der Waals surface area contributed by atoms with Crippen LogP contribution in [-0.4, -0.2) is 13.1 Å². The second kappa shape index (κ2) is 6.47. The van der Waals surface area contributed by atoms with Crippen LogP contribution in [0.1, 0.15) is 23.1 Å². The number of hydrogen-bond donors (Lipinski definition) is 1. The topological polar surface area (TPSA) is 29.3 Å². The standard InChI is InChI=1S/C19H20N2/c20-12-4-8-16-6-3-7-17(14-16)15-21-13-5-10-18-9-1-2-11-19(18)21/h1-3,6-7,9,11,14H,5,10,12-13,15,20H2. The van der Waals surface area contributed by atoms with Gasteiger partial charge in [0.25, 0.3) is 0 Å². The molecule has 21 heavy (non-hydrogen) atoms. The summed E-state index contributed by atoms with van der Waals surface area (Å²) in [6, 6.07) is 17.2. The Morgan fingerprint density at radius 1 is 1.10 bits per heavy atom. The van der Waals surface area contributed by atoms with Crippen molar-refractivity contribution in [3.05, 3.63) is 65.2 Å². The molecule has 0 saturated carbocycles. The molecule has 1 heterocycles. The molecule has 0 aliphatic carbocycles. The van der Waals surface area contributed by atoms with Gasteiger partial charge in [-0.05, 0) is 42.2 Å². The maximum atomic E-state index is 5.44. The number of anilines is 1. The number of nitrogens with two attached hydrogens (primary N) is 1. The zero-order valence-corrected chi connectivity index (χ0v) is 12.2. The molecule has 3 rings (SSSR count). The highest BCUT2D eigenvalue weighted by molar-refractivity contribution is 5.56. The second-order valence-corrected chi connectivity index (χ2v) is 5.36. The average molecular weight is 276 g/mol. The molecule has 1 aliphatic heterocycles. The van der Waals surface area contributed by atoms with Gasteiger partial charge in [-0.2, -0.15) is 0 Å². The summed E-state index contributed by atoms with van der Waals surface area (Å²) in [5.74, 6) is 6.02. The first-order valence-electron chi connectivity index (χ1n) is 7.47. The number of benzene rings is 2. The normalized spacial score (nSPS) is 13.3. The Labute approximate surface area is 126 Å². The van der Waals surface area contributed by atoms with Crippen LogP contribution in [0.2, 0.25) is 0 Å². The molecule has 2 N–H and O–H groups in total. The van der Waals surface area contributed by atoms with E-state index in [9.17, 15) is 0 Å². The fraction of sp³-hybridized carbons (Fsp3) is 0.263. The molecule has 0 fully saturated rings. The molecule has 0 aromatic heterocycles. The van der Waals surface area contributed by atoms with E-state index in [-0.39, 0.29) is 0 Å². The Morgan fingerprint density at radius 2 is 2.00 bits per heavy atom. The molecular formula is C19H20N2. The van der Waals surface area contributed by atoms with Gasteiger partial charge in [0.1, 0.15) is 0 Å². The lowest BCUT2D eigenvalue weighted by atomic mass is 10.0. The first kappa shape index (κ1) is 13.7. The van der Waals surface area contributed by atoms with E-state index in [2.05, 4.69) is 59.2 Å². The summed E-state index contributed by atoms with van der Waals surface area (Å²) < 4.78 is 0. The van der Waals surface area contributed by atoms with Crippen molar-refractivity contribution in [3.63, 3.8) is 0 Å². The van der Waals surface area contributed by atoms with Crippen molar-refractivity contribution in [2.24, 2.45) is 5.73 Å². The van der Waals surface area contributed by atoms with Crippen LogP contribution in [0.4, 0.5) is 5.69 Å². The number of fused-ring (bicyclic) bond motifs is 1. The quantitative estimate of drug-likeness (QED) is 0.855. The van der Waals surface area contributed by atoms with Gasteiger partial charge >= 0.3 is 0 Å². The van der Waals surface area contributed by atoms with Crippen molar-refractivity contribution >= 4 is 5.69 Å². The van der Waals surface area contributed by atoms with Crippen molar-refractivity contribution in [1.82, 2.24) is 0 Å². The van der Waals surface area contributed by atoms with Crippen LogP contribution in [0, 0.1) is 11.8 Å². The van der Waals surface area contributed by atoms with E-state index in [1.807, 2.05) is 6.07 Å². The minimum atomic E-state index is 0.406. The molecule has 0 amide bonds. The molecule has 0 atom stereocenters. The average Bonchev–Trinajstić information content (AvgIpc) is 2.54. The smallest absolute Gasteiger partial charge is 0.0555 e. The van der Waals surface area contributed by atoms with E-state index in [1.54, 1.807) is 0 Å². The highest BCUT2D eigenvalue weighted by atomic mass is 15.1. The lowest BCUT2D eigenvalue weighted by Crippen LogP contribution is -2.28. The van der Waals surface area contributed by atoms with E-state index < -0.39 is 0 Å². The molecule has 0 saturated heterocycles. The monoisotopic (exact) mass is 276 g/mol. The van der Waals surface area contributed by atoms with Crippen LogP contribution < -0.4 is 10.6 Å². The Kier molecular flexibility index (Phi) is 4.23. The first-order valence-corrected chi connectivity index (χ1v) is 7.47. The molecule has 1 aliphatic rings. The highest BCUT2D eigenvalue weighted by Gasteiger charge is 2.16. The minimum absolute atomic E-state index is 0.406. The third kappa shape index (κ3) is 3.26. The zero-order chi connectivity index (χ0) is 14.5. The van der Waals surface area contributed by atoms with Gasteiger partial charge in [0.2, 0.25) is 0 Å². The summed E-state index contributed by atoms with van der Waals surface area (Å²) >= 11 is 0. The molecule has 2 aromatic rings. The van der Waals surface area contributed by atoms with Gasteiger partial charge in [0.05, 0.1) is 6.54 Å². The molecule has 0 radical (unpaired) electrons. The predicted molar refractivity (Wildman–Crippen MR) is 88.2 cm³/mol. The van der Waals surface area contributed by atoms with E-state index in [4.69, 9.17) is 5.73 Å². The molecular weight excluding hydrogens is 256 g/mol. The largest absolute Gasteiger partial charge is 0.367 e. The fourth-order valence-corrected chi connectivity index (χ4v) is 2.90. The summed E-state index contributed by atoms with van der Waals surface area (Å²) in [5.41, 5.74) is 10.6. The second-order valence-electron chi connectivity index (χ2n) is 5.36. The van der Waals surface area contributed by atoms with Gasteiger partial charge in [-0.15, -0.1) is 0 Å². The molecule has 2 aromatic carbocycles. The molecule has 0 unspecified atom stereocenters. The van der Waals surface area contributed by atoms with Gasteiger partial charge in [-0.1, -0.05) is 42.2 Å². The van der Waals surface area contributed by atoms with Crippen LogP contribution >= 0.6 is 0 Å². The summed E-state index contributed by atoms with van der Waals surface area (Å²) in [6.07, 6.45) is 2.42. The van der Waals surface area contributed by atoms with Gasteiger partial charge in [-0.25, -0.2) is 0 Å². The van der Waals surface area contributed by atoms with Crippen LogP contribution in [0.3, 0.4) is 0 Å². The molecule has 0 bridgehead atoms. The van der Waals surface area contributed by atoms with Crippen molar-refractivity contribution < 1.29 is 0 Å². The van der Waals surface area contributed by atoms with Crippen LogP contribution in [0.15, 0.2) is 48.5 Å².